The van der Waals surface area contributed by atoms with Crippen molar-refractivity contribution >= 4 is 42.3 Å². The van der Waals surface area contributed by atoms with Gasteiger partial charge in [0, 0.05) is 26.2 Å². The summed E-state index contributed by atoms with van der Waals surface area (Å²) in [4.78, 5) is 0. The van der Waals surface area contributed by atoms with Gasteiger partial charge in [-0.15, -0.1) is 11.3 Å². The van der Waals surface area contributed by atoms with Crippen molar-refractivity contribution in [3.8, 4) is 0 Å². The van der Waals surface area contributed by atoms with Gasteiger partial charge in [-0.05, 0) is 22.9 Å². The molecule has 0 saturated heterocycles. The molecule has 0 fully saturated rings. The molecule has 1 heteroatoms. The third kappa shape index (κ3) is 1.29. The van der Waals surface area contributed by atoms with E-state index in [1.54, 1.807) is 0 Å². The Morgan fingerprint density at radius 1 is 0.824 bits per heavy atom. The minimum absolute atomic E-state index is 1.25. The molecule has 3 aromatic carbocycles. The molecule has 4 rings (SSSR count). The number of hydrogen-bond acceptors (Lipinski definition) is 1. The molecule has 0 atom stereocenters. The molecule has 1 heterocycles. The second-order valence-corrected chi connectivity index (χ2v) is 5.26. The highest BCUT2D eigenvalue weighted by atomic mass is 32.1. The van der Waals surface area contributed by atoms with Crippen LogP contribution in [0.3, 0.4) is 0 Å². The Kier molecular flexibility index (Phi) is 1.79. The van der Waals surface area contributed by atoms with Crippen molar-refractivity contribution in [1.82, 2.24) is 0 Å². The molecule has 0 aliphatic carbocycles. The summed E-state index contributed by atoms with van der Waals surface area (Å²) in [7, 11) is 0. The number of rotatable bonds is 0. The van der Waals surface area contributed by atoms with Crippen LogP contribution in [-0.4, -0.2) is 0 Å². The average molecular weight is 233 g/mol. The van der Waals surface area contributed by atoms with E-state index in [2.05, 4.69) is 54.6 Å². The topological polar surface area (TPSA) is 0 Å². The van der Waals surface area contributed by atoms with Gasteiger partial charge in [0.2, 0.25) is 0 Å². The standard InChI is InChI=1S/C16H9S/c1-2-6-12-10-16-14(9-11(12)5-1)13-7-3-4-8-15(13)17-16/h1-7,9-10H. The molecule has 0 aliphatic rings. The van der Waals surface area contributed by atoms with Crippen LogP contribution in [0.5, 0.6) is 0 Å². The first-order valence-electron chi connectivity index (χ1n) is 5.63. The summed E-state index contributed by atoms with van der Waals surface area (Å²) in [5.41, 5.74) is 0. The first-order chi connectivity index (χ1) is 8.42. The molecule has 79 valence electrons. The van der Waals surface area contributed by atoms with Gasteiger partial charge in [0.1, 0.15) is 0 Å². The van der Waals surface area contributed by atoms with Crippen molar-refractivity contribution in [1.29, 1.82) is 0 Å². The molecule has 0 nitrogen and oxygen atoms in total. The predicted molar refractivity (Wildman–Crippen MR) is 75.7 cm³/mol. The van der Waals surface area contributed by atoms with Crippen molar-refractivity contribution in [3.63, 3.8) is 0 Å². The quantitative estimate of drug-likeness (QED) is 0.400. The molecule has 0 unspecified atom stereocenters. The van der Waals surface area contributed by atoms with Gasteiger partial charge in [0.05, 0.1) is 0 Å². The summed E-state index contributed by atoms with van der Waals surface area (Å²) in [6, 6.07) is 22.6. The molecular formula is C16H9S. The lowest BCUT2D eigenvalue weighted by Gasteiger charge is -1.97. The molecule has 4 aromatic rings. The Bertz CT molecular complexity index is 834. The third-order valence-corrected chi connectivity index (χ3v) is 4.27. The van der Waals surface area contributed by atoms with Crippen molar-refractivity contribution in [2.24, 2.45) is 0 Å². The maximum Gasteiger partial charge on any atom is 0.0434 e. The first-order valence-corrected chi connectivity index (χ1v) is 6.45. The van der Waals surface area contributed by atoms with Gasteiger partial charge >= 0.3 is 0 Å². The van der Waals surface area contributed by atoms with Crippen LogP contribution < -0.4 is 0 Å². The van der Waals surface area contributed by atoms with E-state index in [0.717, 1.165) is 0 Å². The van der Waals surface area contributed by atoms with Crippen LogP contribution in [0, 0.1) is 6.07 Å². The van der Waals surface area contributed by atoms with Crippen LogP contribution in [0.2, 0.25) is 0 Å². The molecule has 0 aliphatic heterocycles. The SMILES string of the molecule is [c]1cccc2c1sc1cc3ccccc3cc12. The normalized spacial score (nSPS) is 11.5. The number of hydrogen-bond donors (Lipinski definition) is 0. The third-order valence-electron chi connectivity index (χ3n) is 3.17. The fourth-order valence-electron chi connectivity index (χ4n) is 2.34. The first kappa shape index (κ1) is 9.20. The molecule has 0 spiro atoms. The van der Waals surface area contributed by atoms with Crippen LogP contribution >= 0.6 is 11.3 Å². The molecule has 0 amide bonds. The number of benzene rings is 3. The highest BCUT2D eigenvalue weighted by Gasteiger charge is 2.05. The van der Waals surface area contributed by atoms with Crippen LogP contribution in [-0.2, 0) is 0 Å². The summed E-state index contributed by atoms with van der Waals surface area (Å²) in [6.45, 7) is 0. The maximum absolute atomic E-state index is 3.31. The highest BCUT2D eigenvalue weighted by molar-refractivity contribution is 7.25. The summed E-state index contributed by atoms with van der Waals surface area (Å²) in [6.07, 6.45) is 0. The van der Waals surface area contributed by atoms with Crippen LogP contribution in [0.25, 0.3) is 30.9 Å². The molecule has 0 bridgehead atoms. The van der Waals surface area contributed by atoms with E-state index < -0.39 is 0 Å². The largest absolute Gasteiger partial charge is 0.135 e. The van der Waals surface area contributed by atoms with Crippen molar-refractivity contribution in [2.75, 3.05) is 0 Å². The van der Waals surface area contributed by atoms with E-state index in [1.807, 2.05) is 17.4 Å². The van der Waals surface area contributed by atoms with Gasteiger partial charge in [-0.2, -0.15) is 0 Å². The van der Waals surface area contributed by atoms with E-state index in [-0.39, 0.29) is 0 Å². The zero-order chi connectivity index (χ0) is 11.2. The Balaban J connectivity index is 2.28. The lowest BCUT2D eigenvalue weighted by Crippen LogP contribution is -1.71. The van der Waals surface area contributed by atoms with Crippen molar-refractivity contribution in [3.05, 3.63) is 60.7 Å². The van der Waals surface area contributed by atoms with E-state index in [1.165, 1.54) is 30.9 Å². The number of thiophene rings is 1. The summed E-state index contributed by atoms with van der Waals surface area (Å²) in [5, 5.41) is 5.29. The van der Waals surface area contributed by atoms with Gasteiger partial charge in [-0.1, -0.05) is 42.5 Å². The van der Waals surface area contributed by atoms with E-state index >= 15 is 0 Å². The Labute approximate surface area is 103 Å². The predicted octanol–water partition coefficient (Wildman–Crippen LogP) is 5.01. The van der Waals surface area contributed by atoms with Gasteiger partial charge in [0.15, 0.2) is 0 Å². The molecule has 1 aromatic heterocycles. The van der Waals surface area contributed by atoms with Crippen LogP contribution in [0.1, 0.15) is 0 Å². The van der Waals surface area contributed by atoms with E-state index in [4.69, 9.17) is 0 Å². The molecule has 1 radical (unpaired) electrons. The minimum Gasteiger partial charge on any atom is -0.135 e. The fourth-order valence-corrected chi connectivity index (χ4v) is 3.44. The summed E-state index contributed by atoms with van der Waals surface area (Å²) < 4.78 is 2.60. The smallest absolute Gasteiger partial charge is 0.0434 e. The lowest BCUT2D eigenvalue weighted by atomic mass is 10.1. The van der Waals surface area contributed by atoms with Gasteiger partial charge in [-0.3, -0.25) is 0 Å². The molecular weight excluding hydrogens is 224 g/mol. The number of fused-ring (bicyclic) bond motifs is 4. The van der Waals surface area contributed by atoms with Crippen molar-refractivity contribution in [2.45, 2.75) is 0 Å². The van der Waals surface area contributed by atoms with Crippen molar-refractivity contribution < 1.29 is 0 Å². The second kappa shape index (κ2) is 3.31. The zero-order valence-electron chi connectivity index (χ0n) is 9.10. The van der Waals surface area contributed by atoms with E-state index in [9.17, 15) is 0 Å². The molecule has 17 heavy (non-hydrogen) atoms. The van der Waals surface area contributed by atoms with Gasteiger partial charge in [0.25, 0.3) is 0 Å². The molecule has 0 N–H and O–H groups in total. The van der Waals surface area contributed by atoms with E-state index in [0.29, 0.717) is 0 Å². The Morgan fingerprint density at radius 2 is 1.65 bits per heavy atom. The lowest BCUT2D eigenvalue weighted by molar-refractivity contribution is 1.81. The Morgan fingerprint density at radius 3 is 2.53 bits per heavy atom. The van der Waals surface area contributed by atoms with Crippen LogP contribution in [0.15, 0.2) is 54.6 Å². The fraction of sp³-hybridized carbons (Fsp3) is 0. The summed E-state index contributed by atoms with van der Waals surface area (Å²) in [5.74, 6) is 0. The van der Waals surface area contributed by atoms with Crippen LogP contribution in [0.4, 0.5) is 0 Å². The zero-order valence-corrected chi connectivity index (χ0v) is 9.92. The summed E-state index contributed by atoms with van der Waals surface area (Å²) >= 11 is 1.82. The molecule has 0 saturated carbocycles. The average Bonchev–Trinajstić information content (AvgIpc) is 2.73. The monoisotopic (exact) mass is 233 g/mol. The maximum atomic E-state index is 3.31. The second-order valence-electron chi connectivity index (χ2n) is 4.21. The highest BCUT2D eigenvalue weighted by Crippen LogP contribution is 2.35. The Hall–Kier alpha value is -1.86. The van der Waals surface area contributed by atoms with Gasteiger partial charge < -0.3 is 0 Å². The van der Waals surface area contributed by atoms with Gasteiger partial charge in [-0.25, -0.2) is 0 Å². The minimum atomic E-state index is 1.25.